The third-order valence-corrected chi connectivity index (χ3v) is 5.11. The number of hydrogen-bond acceptors (Lipinski definition) is 2. The van der Waals surface area contributed by atoms with Crippen molar-refractivity contribution in [3.05, 3.63) is 34.1 Å². The van der Waals surface area contributed by atoms with Crippen LogP contribution in [-0.4, -0.2) is 34.7 Å². The predicted octanol–water partition coefficient (Wildman–Crippen LogP) is 4.00. The summed E-state index contributed by atoms with van der Waals surface area (Å²) in [6.45, 7) is 10.1. The van der Waals surface area contributed by atoms with Crippen LogP contribution < -0.4 is 0 Å². The maximum atomic E-state index is 13.4. The molecule has 0 aliphatic carbocycles. The molecule has 2 nitrogen and oxygen atoms in total. The number of nitrogens with zero attached hydrogens (tertiary/aromatic N) is 1. The van der Waals surface area contributed by atoms with Gasteiger partial charge >= 0.3 is 0 Å². The standard InChI is InChI=1S/C16H25BrFNO/c1-5-16(4,19(6-2)7-3)15(20)11-12-10-13(18)8-9-14(12)17/h8-10,15,20H,5-7,11H2,1-4H3. The van der Waals surface area contributed by atoms with E-state index in [0.717, 1.165) is 29.5 Å². The molecule has 4 heteroatoms. The molecule has 1 aromatic carbocycles. The molecule has 2 unspecified atom stereocenters. The van der Waals surface area contributed by atoms with Crippen molar-refractivity contribution in [1.29, 1.82) is 0 Å². The van der Waals surface area contributed by atoms with E-state index in [0.29, 0.717) is 6.42 Å². The maximum absolute atomic E-state index is 13.4. The van der Waals surface area contributed by atoms with Crippen molar-refractivity contribution in [3.63, 3.8) is 0 Å². The van der Waals surface area contributed by atoms with Gasteiger partial charge in [0.15, 0.2) is 0 Å². The van der Waals surface area contributed by atoms with E-state index in [4.69, 9.17) is 0 Å². The molecule has 2 atom stereocenters. The molecule has 0 saturated carbocycles. The van der Waals surface area contributed by atoms with Crippen LogP contribution in [0, 0.1) is 5.82 Å². The maximum Gasteiger partial charge on any atom is 0.123 e. The quantitative estimate of drug-likeness (QED) is 0.807. The zero-order chi connectivity index (χ0) is 15.3. The van der Waals surface area contributed by atoms with Gasteiger partial charge in [0.2, 0.25) is 0 Å². The molecule has 114 valence electrons. The zero-order valence-electron chi connectivity index (χ0n) is 12.8. The average molecular weight is 346 g/mol. The second-order valence-electron chi connectivity index (χ2n) is 5.34. The largest absolute Gasteiger partial charge is 0.391 e. The van der Waals surface area contributed by atoms with Crippen molar-refractivity contribution >= 4 is 15.9 Å². The van der Waals surface area contributed by atoms with Gasteiger partial charge in [-0.1, -0.05) is 36.7 Å². The monoisotopic (exact) mass is 345 g/mol. The average Bonchev–Trinajstić information content (AvgIpc) is 2.43. The third-order valence-electron chi connectivity index (χ3n) is 4.34. The number of rotatable bonds is 7. The minimum Gasteiger partial charge on any atom is -0.391 e. The minimum atomic E-state index is -0.537. The lowest BCUT2D eigenvalue weighted by atomic mass is 9.85. The lowest BCUT2D eigenvalue weighted by Crippen LogP contribution is -2.54. The Hall–Kier alpha value is -0.450. The van der Waals surface area contributed by atoms with Crippen LogP contribution in [0.4, 0.5) is 4.39 Å². The van der Waals surface area contributed by atoms with Crippen molar-refractivity contribution < 1.29 is 9.50 Å². The number of halogens is 2. The Kier molecular flexibility index (Phi) is 6.62. The second kappa shape index (κ2) is 7.53. The molecule has 0 aromatic heterocycles. The zero-order valence-corrected chi connectivity index (χ0v) is 14.4. The van der Waals surface area contributed by atoms with E-state index in [1.165, 1.54) is 12.1 Å². The van der Waals surface area contributed by atoms with Crippen LogP contribution in [0.5, 0.6) is 0 Å². The fourth-order valence-corrected chi connectivity index (χ4v) is 3.15. The van der Waals surface area contributed by atoms with Gasteiger partial charge in [-0.25, -0.2) is 4.39 Å². The summed E-state index contributed by atoms with van der Waals surface area (Å²) in [5.41, 5.74) is 0.513. The minimum absolute atomic E-state index is 0.267. The van der Waals surface area contributed by atoms with Gasteiger partial charge < -0.3 is 5.11 Å². The Bertz CT molecular complexity index is 436. The van der Waals surface area contributed by atoms with E-state index in [-0.39, 0.29) is 11.4 Å². The van der Waals surface area contributed by atoms with E-state index in [9.17, 15) is 9.50 Å². The Balaban J connectivity index is 2.97. The summed E-state index contributed by atoms with van der Waals surface area (Å²) in [5, 5.41) is 10.7. The Morgan fingerprint density at radius 1 is 1.30 bits per heavy atom. The molecule has 0 spiro atoms. The molecule has 0 amide bonds. The van der Waals surface area contributed by atoms with Gasteiger partial charge in [-0.05, 0) is 50.2 Å². The lowest BCUT2D eigenvalue weighted by Gasteiger charge is -2.43. The molecule has 1 rings (SSSR count). The number of hydrogen-bond donors (Lipinski definition) is 1. The van der Waals surface area contributed by atoms with E-state index in [1.807, 2.05) is 0 Å². The highest BCUT2D eigenvalue weighted by molar-refractivity contribution is 9.10. The summed E-state index contributed by atoms with van der Waals surface area (Å²) < 4.78 is 14.2. The lowest BCUT2D eigenvalue weighted by molar-refractivity contribution is -0.0191. The molecule has 1 aromatic rings. The molecular formula is C16H25BrFNO. The van der Waals surface area contributed by atoms with Crippen LogP contribution in [0.25, 0.3) is 0 Å². The van der Waals surface area contributed by atoms with E-state index in [1.54, 1.807) is 6.07 Å². The van der Waals surface area contributed by atoms with Crippen LogP contribution in [0.3, 0.4) is 0 Å². The fourth-order valence-electron chi connectivity index (χ4n) is 2.74. The van der Waals surface area contributed by atoms with E-state index >= 15 is 0 Å². The predicted molar refractivity (Wildman–Crippen MR) is 85.4 cm³/mol. The topological polar surface area (TPSA) is 23.5 Å². The first-order valence-corrected chi connectivity index (χ1v) is 8.05. The number of aliphatic hydroxyl groups excluding tert-OH is 1. The molecule has 0 saturated heterocycles. The Morgan fingerprint density at radius 2 is 1.90 bits per heavy atom. The molecule has 0 aliphatic rings. The summed E-state index contributed by atoms with van der Waals surface area (Å²) in [6.07, 6.45) is 0.757. The number of aliphatic hydroxyl groups is 1. The molecular weight excluding hydrogens is 321 g/mol. The van der Waals surface area contributed by atoms with Crippen LogP contribution in [-0.2, 0) is 6.42 Å². The highest BCUT2D eigenvalue weighted by Gasteiger charge is 2.36. The Morgan fingerprint density at radius 3 is 2.40 bits per heavy atom. The first kappa shape index (κ1) is 17.6. The van der Waals surface area contributed by atoms with Gasteiger partial charge in [0.25, 0.3) is 0 Å². The van der Waals surface area contributed by atoms with E-state index in [2.05, 4.69) is 48.5 Å². The summed E-state index contributed by atoms with van der Waals surface area (Å²) in [6, 6.07) is 4.60. The van der Waals surface area contributed by atoms with Crippen molar-refractivity contribution in [3.8, 4) is 0 Å². The van der Waals surface area contributed by atoms with E-state index < -0.39 is 6.10 Å². The molecule has 1 N–H and O–H groups in total. The molecule has 0 heterocycles. The number of likely N-dealkylation sites (N-methyl/N-ethyl adjacent to an activating group) is 1. The molecule has 0 fully saturated rings. The summed E-state index contributed by atoms with van der Waals surface area (Å²) in [7, 11) is 0. The SMILES string of the molecule is CCN(CC)C(C)(CC)C(O)Cc1cc(F)ccc1Br. The van der Waals surface area contributed by atoms with Crippen LogP contribution >= 0.6 is 15.9 Å². The molecule has 0 bridgehead atoms. The normalized spacial score (nSPS) is 16.2. The molecule has 20 heavy (non-hydrogen) atoms. The van der Waals surface area contributed by atoms with Crippen molar-refractivity contribution in [1.82, 2.24) is 4.90 Å². The molecule has 0 radical (unpaired) electrons. The van der Waals surface area contributed by atoms with Gasteiger partial charge in [0.05, 0.1) is 6.10 Å². The fraction of sp³-hybridized carbons (Fsp3) is 0.625. The summed E-state index contributed by atoms with van der Waals surface area (Å²) in [4.78, 5) is 2.27. The third kappa shape index (κ3) is 3.80. The van der Waals surface area contributed by atoms with Crippen molar-refractivity contribution in [2.75, 3.05) is 13.1 Å². The van der Waals surface area contributed by atoms with Crippen LogP contribution in [0.1, 0.15) is 39.7 Å². The van der Waals surface area contributed by atoms with Gasteiger partial charge in [-0.2, -0.15) is 0 Å². The highest BCUT2D eigenvalue weighted by atomic mass is 79.9. The van der Waals surface area contributed by atoms with Crippen LogP contribution in [0.15, 0.2) is 22.7 Å². The van der Waals surface area contributed by atoms with Crippen molar-refractivity contribution in [2.45, 2.75) is 52.2 Å². The first-order chi connectivity index (χ1) is 9.38. The van der Waals surface area contributed by atoms with Gasteiger partial charge in [-0.15, -0.1) is 0 Å². The first-order valence-electron chi connectivity index (χ1n) is 7.26. The highest BCUT2D eigenvalue weighted by Crippen LogP contribution is 2.28. The second-order valence-corrected chi connectivity index (χ2v) is 6.19. The smallest absolute Gasteiger partial charge is 0.123 e. The van der Waals surface area contributed by atoms with Crippen molar-refractivity contribution in [2.24, 2.45) is 0 Å². The van der Waals surface area contributed by atoms with Gasteiger partial charge in [0.1, 0.15) is 5.82 Å². The van der Waals surface area contributed by atoms with Crippen LogP contribution in [0.2, 0.25) is 0 Å². The van der Waals surface area contributed by atoms with Gasteiger partial charge in [-0.3, -0.25) is 4.90 Å². The summed E-state index contributed by atoms with van der Waals surface area (Å²) in [5.74, 6) is -0.267. The summed E-state index contributed by atoms with van der Waals surface area (Å²) >= 11 is 3.43. The van der Waals surface area contributed by atoms with Gasteiger partial charge in [0, 0.05) is 16.4 Å². The number of benzene rings is 1. The molecule has 0 aliphatic heterocycles. The Labute approximate surface area is 130 Å².